The van der Waals surface area contributed by atoms with Gasteiger partial charge in [0.05, 0.1) is 5.30 Å². The van der Waals surface area contributed by atoms with Crippen molar-refractivity contribution in [1.82, 2.24) is 9.97 Å². The second-order valence-corrected chi connectivity index (χ2v) is 7.93. The third-order valence-corrected chi connectivity index (χ3v) is 5.74. The molecule has 0 atom stereocenters. The van der Waals surface area contributed by atoms with Crippen LogP contribution in [0.1, 0.15) is 0 Å². The average molecular weight is 364 g/mol. The van der Waals surface area contributed by atoms with E-state index in [0.717, 1.165) is 0 Å². The number of hydrogen-bond acceptors (Lipinski definition) is 5. The first kappa shape index (κ1) is 16.5. The Morgan fingerprint density at radius 1 is 0.708 bits per heavy atom. The Labute approximate surface area is 142 Å². The van der Waals surface area contributed by atoms with Crippen LogP contribution in [-0.2, 0) is 11.8 Å². The molecule has 122 valence electrons. The van der Waals surface area contributed by atoms with E-state index in [4.69, 9.17) is 20.9 Å². The Bertz CT molecular complexity index is 845. The molecule has 2 heterocycles. The quantitative estimate of drug-likeness (QED) is 0.508. The molecule has 1 aromatic carbocycles. The summed E-state index contributed by atoms with van der Waals surface area (Å²) in [4.78, 5) is 7.28. The lowest BCUT2D eigenvalue weighted by Gasteiger charge is -2.22. The molecule has 8 heteroatoms. The Balaban J connectivity index is 1.99. The van der Waals surface area contributed by atoms with Gasteiger partial charge in [0.1, 0.15) is 0 Å². The number of nitrogens with zero attached hydrogens (tertiary/aromatic N) is 2. The molecule has 0 saturated heterocycles. The third kappa shape index (κ3) is 3.93. The Morgan fingerprint density at radius 3 is 1.67 bits per heavy atom. The monoisotopic (exact) mass is 364 g/mol. The van der Waals surface area contributed by atoms with E-state index in [-0.39, 0.29) is 11.8 Å². The number of halogens is 2. The first-order chi connectivity index (χ1) is 11.5. The van der Waals surface area contributed by atoms with Crippen molar-refractivity contribution in [3.05, 3.63) is 78.6 Å². The summed E-state index contributed by atoms with van der Waals surface area (Å²) in [6.07, 6.45) is 0. The maximum atomic E-state index is 13.3. The Kier molecular flexibility index (Phi) is 4.83. The van der Waals surface area contributed by atoms with E-state index in [0.29, 0.717) is 5.30 Å². The fourth-order valence-electron chi connectivity index (χ4n) is 1.86. The van der Waals surface area contributed by atoms with Gasteiger partial charge in [-0.3, -0.25) is 0 Å². The number of benzene rings is 1. The van der Waals surface area contributed by atoms with Gasteiger partial charge in [0.2, 0.25) is 23.7 Å². The zero-order chi connectivity index (χ0) is 17.0. The molecule has 0 saturated carbocycles. The van der Waals surface area contributed by atoms with Crippen LogP contribution in [0.3, 0.4) is 0 Å². The smallest absolute Gasteiger partial charge is 0.322 e. The molecular formula is C16H11F2N2O2PS. The van der Waals surface area contributed by atoms with Gasteiger partial charge in [0, 0.05) is 12.1 Å². The molecule has 3 rings (SSSR count). The summed E-state index contributed by atoms with van der Waals surface area (Å²) >= 11 is 5.56. The average Bonchev–Trinajstić information content (AvgIpc) is 2.55. The highest BCUT2D eigenvalue weighted by atomic mass is 32.5. The van der Waals surface area contributed by atoms with E-state index < -0.39 is 18.4 Å². The van der Waals surface area contributed by atoms with Crippen LogP contribution in [0.15, 0.2) is 66.7 Å². The van der Waals surface area contributed by atoms with Gasteiger partial charge in [-0.05, 0) is 36.1 Å². The van der Waals surface area contributed by atoms with Gasteiger partial charge in [-0.2, -0.15) is 18.7 Å². The third-order valence-electron chi connectivity index (χ3n) is 2.88. The molecule has 0 aliphatic carbocycles. The SMILES string of the molecule is Fc1cccc(OP(=S)(Oc2cccc(F)n2)c2ccccc2)n1. The van der Waals surface area contributed by atoms with Gasteiger partial charge in [-0.15, -0.1) is 0 Å². The molecule has 0 fully saturated rings. The van der Waals surface area contributed by atoms with E-state index in [1.165, 1.54) is 36.4 Å². The predicted octanol–water partition coefficient (Wildman–Crippen LogP) is 3.85. The minimum Gasteiger partial charge on any atom is -0.414 e. The summed E-state index contributed by atoms with van der Waals surface area (Å²) < 4.78 is 38.0. The van der Waals surface area contributed by atoms with Gasteiger partial charge in [0.15, 0.2) is 0 Å². The van der Waals surface area contributed by atoms with Crippen LogP contribution in [0.2, 0.25) is 0 Å². The summed E-state index contributed by atoms with van der Waals surface area (Å²) in [5.41, 5.74) is 0. The van der Waals surface area contributed by atoms with Crippen molar-refractivity contribution in [3.63, 3.8) is 0 Å². The predicted molar refractivity (Wildman–Crippen MR) is 90.0 cm³/mol. The molecule has 0 aliphatic heterocycles. The molecule has 4 nitrogen and oxygen atoms in total. The van der Waals surface area contributed by atoms with Crippen molar-refractivity contribution < 1.29 is 17.8 Å². The first-order valence-electron chi connectivity index (χ1n) is 6.85. The summed E-state index contributed by atoms with van der Waals surface area (Å²) in [5, 5.41) is 0.567. The van der Waals surface area contributed by atoms with Gasteiger partial charge in [-0.25, -0.2) is 0 Å². The van der Waals surface area contributed by atoms with Gasteiger partial charge in [-0.1, -0.05) is 30.3 Å². The maximum absolute atomic E-state index is 13.3. The topological polar surface area (TPSA) is 44.2 Å². The Morgan fingerprint density at radius 2 is 1.21 bits per heavy atom. The zero-order valence-electron chi connectivity index (χ0n) is 12.2. The van der Waals surface area contributed by atoms with Crippen LogP contribution in [0.25, 0.3) is 0 Å². The highest BCUT2D eigenvalue weighted by Crippen LogP contribution is 2.46. The van der Waals surface area contributed by atoms with Crippen molar-refractivity contribution in [2.45, 2.75) is 0 Å². The van der Waals surface area contributed by atoms with Crippen molar-refractivity contribution in [2.24, 2.45) is 0 Å². The number of hydrogen-bond donors (Lipinski definition) is 0. The van der Waals surface area contributed by atoms with E-state index in [1.54, 1.807) is 24.3 Å². The zero-order valence-corrected chi connectivity index (χ0v) is 13.9. The molecule has 0 N–H and O–H groups in total. The van der Waals surface area contributed by atoms with Crippen molar-refractivity contribution >= 4 is 23.6 Å². The standard InChI is InChI=1S/C16H11F2N2O2PS/c17-13-8-4-10-15(19-13)21-23(24,12-6-2-1-3-7-12)22-16-11-5-9-14(18)20-16/h1-11H. The van der Waals surface area contributed by atoms with Crippen LogP contribution >= 0.6 is 6.49 Å². The second kappa shape index (κ2) is 7.03. The molecule has 0 amide bonds. The van der Waals surface area contributed by atoms with Crippen molar-refractivity contribution in [3.8, 4) is 11.8 Å². The van der Waals surface area contributed by atoms with E-state index in [9.17, 15) is 8.78 Å². The van der Waals surface area contributed by atoms with Crippen LogP contribution in [0.5, 0.6) is 11.8 Å². The van der Waals surface area contributed by atoms with Gasteiger partial charge >= 0.3 is 6.49 Å². The fraction of sp³-hybridized carbons (Fsp3) is 0. The number of rotatable bonds is 5. The number of aromatic nitrogens is 2. The van der Waals surface area contributed by atoms with E-state index in [1.807, 2.05) is 6.07 Å². The lowest BCUT2D eigenvalue weighted by molar-refractivity contribution is 0.456. The second-order valence-electron chi connectivity index (χ2n) is 4.61. The lowest BCUT2D eigenvalue weighted by Crippen LogP contribution is -2.15. The fourth-order valence-corrected chi connectivity index (χ4v) is 4.17. The Hall–Kier alpha value is -2.37. The van der Waals surface area contributed by atoms with Gasteiger partial charge < -0.3 is 9.05 Å². The number of pyridine rings is 2. The first-order valence-corrected chi connectivity index (χ1v) is 9.49. The largest absolute Gasteiger partial charge is 0.414 e. The van der Waals surface area contributed by atoms with E-state index in [2.05, 4.69) is 9.97 Å². The summed E-state index contributed by atoms with van der Waals surface area (Å²) in [6.45, 7) is -3.18. The summed E-state index contributed by atoms with van der Waals surface area (Å²) in [5.74, 6) is -1.44. The molecule has 0 bridgehead atoms. The molecule has 0 unspecified atom stereocenters. The highest BCUT2D eigenvalue weighted by molar-refractivity contribution is 8.13. The van der Waals surface area contributed by atoms with Crippen LogP contribution in [0, 0.1) is 11.9 Å². The summed E-state index contributed by atoms with van der Waals surface area (Å²) in [6, 6.07) is 17.0. The van der Waals surface area contributed by atoms with Crippen molar-refractivity contribution in [2.75, 3.05) is 0 Å². The normalized spacial score (nSPS) is 11.1. The molecule has 0 spiro atoms. The summed E-state index contributed by atoms with van der Waals surface area (Å²) in [7, 11) is 0. The highest BCUT2D eigenvalue weighted by Gasteiger charge is 2.27. The lowest BCUT2D eigenvalue weighted by atomic mass is 10.4. The minimum absolute atomic E-state index is 0.0152. The minimum atomic E-state index is -3.18. The molecular weight excluding hydrogens is 353 g/mol. The van der Waals surface area contributed by atoms with Crippen LogP contribution in [-0.4, -0.2) is 9.97 Å². The van der Waals surface area contributed by atoms with Crippen LogP contribution in [0.4, 0.5) is 8.78 Å². The molecule has 0 aliphatic rings. The maximum Gasteiger partial charge on any atom is 0.322 e. The molecule has 2 aromatic heterocycles. The van der Waals surface area contributed by atoms with Crippen LogP contribution < -0.4 is 14.4 Å². The van der Waals surface area contributed by atoms with Crippen molar-refractivity contribution in [1.29, 1.82) is 0 Å². The molecule has 0 radical (unpaired) electrons. The molecule has 24 heavy (non-hydrogen) atoms. The van der Waals surface area contributed by atoms with Gasteiger partial charge in [0.25, 0.3) is 0 Å². The molecule has 3 aromatic rings. The van der Waals surface area contributed by atoms with E-state index >= 15 is 0 Å².